The predicted octanol–water partition coefficient (Wildman–Crippen LogP) is 3.96. The molecular weight excluding hydrogens is 381 g/mol. The lowest BCUT2D eigenvalue weighted by Crippen LogP contribution is -2.13. The van der Waals surface area contributed by atoms with Gasteiger partial charge in [0.2, 0.25) is 0 Å². The van der Waals surface area contributed by atoms with Gasteiger partial charge in [0.1, 0.15) is 10.0 Å². The summed E-state index contributed by atoms with van der Waals surface area (Å²) in [6.07, 6.45) is 1.12. The van der Waals surface area contributed by atoms with Crippen LogP contribution in [0.2, 0.25) is 5.02 Å². The third kappa shape index (κ3) is 3.63. The topological polar surface area (TPSA) is 37.8 Å². The maximum atomic E-state index is 6.11. The van der Waals surface area contributed by atoms with Crippen molar-refractivity contribution in [1.82, 2.24) is 15.5 Å². The summed E-state index contributed by atoms with van der Waals surface area (Å²) in [6.45, 7) is 3.93. The van der Waals surface area contributed by atoms with Crippen molar-refractivity contribution in [2.45, 2.75) is 19.9 Å². The maximum Gasteiger partial charge on any atom is 0.147 e. The molecule has 1 N–H and O–H groups in total. The molecule has 0 atom stereocenters. The summed E-state index contributed by atoms with van der Waals surface area (Å²) < 4.78 is 1.05. The number of hydrogen-bond acceptors (Lipinski definition) is 4. The molecule has 0 fully saturated rings. The van der Waals surface area contributed by atoms with Gasteiger partial charge in [-0.2, -0.15) is 0 Å². The molecule has 0 amide bonds. The fraction of sp³-hybridized carbons (Fsp3) is 0.333. The van der Waals surface area contributed by atoms with E-state index in [4.69, 9.17) is 11.6 Å². The van der Waals surface area contributed by atoms with E-state index in [-0.39, 0.29) is 0 Å². The highest BCUT2D eigenvalue weighted by molar-refractivity contribution is 14.1. The third-order valence-corrected chi connectivity index (χ3v) is 4.88. The van der Waals surface area contributed by atoms with Crippen LogP contribution in [-0.4, -0.2) is 16.7 Å². The van der Waals surface area contributed by atoms with E-state index in [1.807, 2.05) is 18.2 Å². The van der Waals surface area contributed by atoms with Crippen LogP contribution in [0.25, 0.3) is 10.6 Å². The molecule has 1 heterocycles. The van der Waals surface area contributed by atoms with Crippen LogP contribution in [0.5, 0.6) is 0 Å². The first-order valence-corrected chi connectivity index (χ1v) is 7.96. The third-order valence-electron chi connectivity index (χ3n) is 2.34. The quantitative estimate of drug-likeness (QED) is 0.617. The van der Waals surface area contributed by atoms with Gasteiger partial charge in [-0.05, 0) is 47.7 Å². The molecule has 0 unspecified atom stereocenters. The summed E-state index contributed by atoms with van der Waals surface area (Å²) >= 11 is 9.93. The zero-order chi connectivity index (χ0) is 13.0. The summed E-state index contributed by atoms with van der Waals surface area (Å²) in [4.78, 5) is 0. The molecule has 0 aliphatic heterocycles. The van der Waals surface area contributed by atoms with Gasteiger partial charge in [0, 0.05) is 15.7 Å². The molecule has 0 saturated heterocycles. The van der Waals surface area contributed by atoms with Gasteiger partial charge < -0.3 is 5.32 Å². The summed E-state index contributed by atoms with van der Waals surface area (Å²) in [5.74, 6) is 0. The van der Waals surface area contributed by atoms with Crippen molar-refractivity contribution >= 4 is 45.5 Å². The molecule has 3 nitrogen and oxygen atoms in total. The van der Waals surface area contributed by atoms with E-state index in [1.54, 1.807) is 11.3 Å². The van der Waals surface area contributed by atoms with Crippen molar-refractivity contribution in [2.75, 3.05) is 6.54 Å². The van der Waals surface area contributed by atoms with Gasteiger partial charge in [-0.15, -0.1) is 10.2 Å². The number of nitrogens with zero attached hydrogens (tertiary/aromatic N) is 2. The van der Waals surface area contributed by atoms with Crippen molar-refractivity contribution in [3.05, 3.63) is 31.8 Å². The average molecular weight is 394 g/mol. The Hall–Kier alpha value is -0.240. The van der Waals surface area contributed by atoms with Gasteiger partial charge >= 0.3 is 0 Å². The van der Waals surface area contributed by atoms with E-state index in [2.05, 4.69) is 45.0 Å². The second kappa shape index (κ2) is 6.79. The minimum atomic E-state index is 0.758. The summed E-state index contributed by atoms with van der Waals surface area (Å²) in [5.41, 5.74) is 1.03. The normalized spacial score (nSPS) is 10.8. The number of aromatic nitrogens is 2. The molecule has 0 saturated carbocycles. The smallest absolute Gasteiger partial charge is 0.147 e. The van der Waals surface area contributed by atoms with Crippen molar-refractivity contribution in [3.63, 3.8) is 0 Å². The molecule has 0 aliphatic carbocycles. The number of hydrogen-bond donors (Lipinski definition) is 1. The predicted molar refractivity (Wildman–Crippen MR) is 85.1 cm³/mol. The van der Waals surface area contributed by atoms with Gasteiger partial charge in [-0.1, -0.05) is 35.9 Å². The molecule has 0 radical (unpaired) electrons. The number of halogens is 2. The van der Waals surface area contributed by atoms with Gasteiger partial charge in [0.05, 0.1) is 5.02 Å². The second-order valence-corrected chi connectivity index (χ2v) is 6.44. The van der Waals surface area contributed by atoms with E-state index in [1.165, 1.54) is 0 Å². The Balaban J connectivity index is 2.11. The molecule has 1 aromatic heterocycles. The summed E-state index contributed by atoms with van der Waals surface area (Å²) in [7, 11) is 0. The minimum absolute atomic E-state index is 0.758. The summed E-state index contributed by atoms with van der Waals surface area (Å²) in [5, 5.41) is 14.4. The van der Waals surface area contributed by atoms with E-state index in [9.17, 15) is 0 Å². The monoisotopic (exact) mass is 393 g/mol. The lowest BCUT2D eigenvalue weighted by atomic mass is 10.2. The standard InChI is InChI=1S/C12H13ClIN3S/c1-2-5-15-7-11-16-17-12(18-11)8-3-4-10(14)9(13)6-8/h3-4,6,15H,2,5,7H2,1H3. The first kappa shape index (κ1) is 14.2. The first-order valence-electron chi connectivity index (χ1n) is 5.69. The van der Waals surface area contributed by atoms with Crippen molar-refractivity contribution in [3.8, 4) is 10.6 Å². The highest BCUT2D eigenvalue weighted by Gasteiger charge is 2.08. The van der Waals surface area contributed by atoms with Gasteiger partial charge in [0.25, 0.3) is 0 Å². The Morgan fingerprint density at radius 2 is 2.22 bits per heavy atom. The summed E-state index contributed by atoms with van der Waals surface area (Å²) in [6, 6.07) is 5.96. The minimum Gasteiger partial charge on any atom is -0.310 e. The van der Waals surface area contributed by atoms with Crippen LogP contribution in [0.4, 0.5) is 0 Å². The fourth-order valence-electron chi connectivity index (χ4n) is 1.44. The van der Waals surface area contributed by atoms with Crippen LogP contribution < -0.4 is 5.32 Å². The molecule has 0 bridgehead atoms. The Morgan fingerprint density at radius 1 is 1.39 bits per heavy atom. The maximum absolute atomic E-state index is 6.11. The number of benzene rings is 1. The molecule has 1 aromatic carbocycles. The molecular formula is C12H13ClIN3S. The van der Waals surface area contributed by atoms with E-state index < -0.39 is 0 Å². The average Bonchev–Trinajstić information content (AvgIpc) is 2.82. The van der Waals surface area contributed by atoms with Crippen LogP contribution in [0.15, 0.2) is 18.2 Å². The molecule has 2 rings (SSSR count). The highest BCUT2D eigenvalue weighted by atomic mass is 127. The van der Waals surface area contributed by atoms with Crippen molar-refractivity contribution < 1.29 is 0 Å². The molecule has 2 aromatic rings. The largest absolute Gasteiger partial charge is 0.310 e. The Bertz CT molecular complexity index is 530. The molecule has 0 aliphatic rings. The molecule has 96 valence electrons. The zero-order valence-electron chi connectivity index (χ0n) is 9.91. The SMILES string of the molecule is CCCNCc1nnc(-c2ccc(I)c(Cl)c2)s1. The van der Waals surface area contributed by atoms with E-state index in [0.29, 0.717) is 0 Å². The Labute approximate surface area is 129 Å². The van der Waals surface area contributed by atoms with Crippen LogP contribution in [0.1, 0.15) is 18.4 Å². The van der Waals surface area contributed by atoms with Gasteiger partial charge in [0.15, 0.2) is 0 Å². The lowest BCUT2D eigenvalue weighted by molar-refractivity contribution is 0.668. The van der Waals surface area contributed by atoms with Crippen molar-refractivity contribution in [2.24, 2.45) is 0 Å². The zero-order valence-corrected chi connectivity index (χ0v) is 13.6. The molecule has 18 heavy (non-hydrogen) atoms. The van der Waals surface area contributed by atoms with Crippen LogP contribution in [0.3, 0.4) is 0 Å². The van der Waals surface area contributed by atoms with E-state index in [0.717, 1.165) is 43.7 Å². The van der Waals surface area contributed by atoms with E-state index >= 15 is 0 Å². The number of nitrogens with one attached hydrogen (secondary N) is 1. The Morgan fingerprint density at radius 3 is 2.94 bits per heavy atom. The van der Waals surface area contributed by atoms with Crippen LogP contribution in [0, 0.1) is 3.57 Å². The van der Waals surface area contributed by atoms with Crippen molar-refractivity contribution in [1.29, 1.82) is 0 Å². The van der Waals surface area contributed by atoms with Gasteiger partial charge in [-0.25, -0.2) is 0 Å². The van der Waals surface area contributed by atoms with Crippen LogP contribution >= 0.6 is 45.5 Å². The first-order chi connectivity index (χ1) is 8.70. The highest BCUT2D eigenvalue weighted by Crippen LogP contribution is 2.28. The van der Waals surface area contributed by atoms with Crippen LogP contribution in [-0.2, 0) is 6.54 Å². The Kier molecular flexibility index (Phi) is 5.35. The lowest BCUT2D eigenvalue weighted by Gasteiger charge is -1.99. The number of rotatable bonds is 5. The second-order valence-electron chi connectivity index (χ2n) is 3.81. The fourth-order valence-corrected chi connectivity index (χ4v) is 2.76. The molecule has 0 spiro atoms. The van der Waals surface area contributed by atoms with Gasteiger partial charge in [-0.3, -0.25) is 0 Å². The molecule has 6 heteroatoms.